The molecular weight excluding hydrogens is 596 g/mol. The van der Waals surface area contributed by atoms with Crippen LogP contribution in [-0.2, 0) is 27.7 Å². The van der Waals surface area contributed by atoms with Gasteiger partial charge in [0.1, 0.15) is 17.7 Å². The maximum Gasteiger partial charge on any atom is 0.416 e. The van der Waals surface area contributed by atoms with Crippen LogP contribution in [0.25, 0.3) is 0 Å². The van der Waals surface area contributed by atoms with E-state index in [9.17, 15) is 22.4 Å². The minimum Gasteiger partial charge on any atom is -0.462 e. The molecule has 0 unspecified atom stereocenters. The van der Waals surface area contributed by atoms with Gasteiger partial charge in [-0.05, 0) is 100.0 Å². The monoisotopic (exact) mass is 640 g/mol. The van der Waals surface area contributed by atoms with Gasteiger partial charge in [-0.15, -0.1) is 0 Å². The van der Waals surface area contributed by atoms with E-state index < -0.39 is 17.2 Å². The molecule has 0 N–H and O–H groups in total. The Labute approximate surface area is 268 Å². The number of nitrogens with zero attached hydrogens (tertiary/aromatic N) is 4. The molecule has 6 nitrogen and oxygen atoms in total. The number of alkyl halides is 3. The lowest BCUT2D eigenvalue weighted by Crippen LogP contribution is -2.55. The van der Waals surface area contributed by atoms with Crippen LogP contribution < -0.4 is 4.90 Å². The van der Waals surface area contributed by atoms with Crippen molar-refractivity contribution in [2.45, 2.75) is 76.6 Å². The number of halogens is 4. The van der Waals surface area contributed by atoms with Gasteiger partial charge in [-0.1, -0.05) is 19.1 Å². The molecule has 46 heavy (non-hydrogen) atoms. The second-order valence-corrected chi connectivity index (χ2v) is 13.5. The molecule has 0 bridgehead atoms. The van der Waals surface area contributed by atoms with Crippen LogP contribution in [0.5, 0.6) is 0 Å². The number of carbonyl (C=O) groups excluding carboxylic acids is 1. The molecule has 1 aliphatic carbocycles. The van der Waals surface area contributed by atoms with E-state index in [1.165, 1.54) is 6.07 Å². The molecule has 0 spiro atoms. The summed E-state index contributed by atoms with van der Waals surface area (Å²) in [5.74, 6) is 1.19. The number of aromatic nitrogens is 2. The van der Waals surface area contributed by atoms with Gasteiger partial charge < -0.3 is 19.1 Å². The Hall–Kier alpha value is -3.40. The Morgan fingerprint density at radius 1 is 1.00 bits per heavy atom. The van der Waals surface area contributed by atoms with E-state index in [0.717, 1.165) is 94.0 Å². The number of likely N-dealkylation sites (tertiary alicyclic amines) is 1. The largest absolute Gasteiger partial charge is 0.462 e. The van der Waals surface area contributed by atoms with Gasteiger partial charge in [-0.25, -0.2) is 9.37 Å². The summed E-state index contributed by atoms with van der Waals surface area (Å²) < 4.78 is 62.2. The number of aryl methyl sites for hydroxylation is 1. The average molecular weight is 641 g/mol. The van der Waals surface area contributed by atoms with Crippen molar-refractivity contribution >= 4 is 11.7 Å². The summed E-state index contributed by atoms with van der Waals surface area (Å²) in [6.07, 6.45) is 4.14. The van der Waals surface area contributed by atoms with E-state index in [1.807, 2.05) is 26.2 Å². The summed E-state index contributed by atoms with van der Waals surface area (Å²) >= 11 is 0. The quantitative estimate of drug-likeness (QED) is 0.173. The molecule has 2 aromatic carbocycles. The Bertz CT molecular complexity index is 1480. The summed E-state index contributed by atoms with van der Waals surface area (Å²) in [5, 5.41) is 0. The molecule has 0 amide bonds. The zero-order valence-corrected chi connectivity index (χ0v) is 26.7. The molecule has 0 radical (unpaired) electrons. The number of rotatable bonds is 10. The number of anilines is 1. The molecule has 248 valence electrons. The predicted octanol–water partition coefficient (Wildman–Crippen LogP) is 7.26. The van der Waals surface area contributed by atoms with Gasteiger partial charge in [0, 0.05) is 67.9 Å². The van der Waals surface area contributed by atoms with Crippen LogP contribution in [0.4, 0.5) is 23.2 Å². The molecule has 2 aliphatic heterocycles. The Kier molecular flexibility index (Phi) is 9.46. The van der Waals surface area contributed by atoms with Gasteiger partial charge in [0.05, 0.1) is 5.56 Å². The lowest BCUT2D eigenvalue weighted by Gasteiger charge is -2.51. The minimum absolute atomic E-state index is 0.0482. The molecule has 3 atom stereocenters. The molecule has 10 heteroatoms. The molecule has 6 rings (SSSR count). The van der Waals surface area contributed by atoms with E-state index in [0.29, 0.717) is 18.9 Å². The molecule has 1 aromatic heterocycles. The van der Waals surface area contributed by atoms with Crippen molar-refractivity contribution in [3.05, 3.63) is 83.7 Å². The van der Waals surface area contributed by atoms with Crippen LogP contribution in [0.3, 0.4) is 0 Å². The molecule has 3 heterocycles. The van der Waals surface area contributed by atoms with Crippen molar-refractivity contribution in [1.29, 1.82) is 0 Å². The van der Waals surface area contributed by atoms with Crippen molar-refractivity contribution in [3.63, 3.8) is 0 Å². The van der Waals surface area contributed by atoms with Gasteiger partial charge in [-0.3, -0.25) is 4.79 Å². The molecule has 3 aliphatic rings. The van der Waals surface area contributed by atoms with Crippen LogP contribution >= 0.6 is 0 Å². The van der Waals surface area contributed by atoms with Gasteiger partial charge in [-0.2, -0.15) is 13.2 Å². The second kappa shape index (κ2) is 13.4. The highest BCUT2D eigenvalue weighted by atomic mass is 19.4. The third-order valence-electron chi connectivity index (χ3n) is 10.8. The van der Waals surface area contributed by atoms with Crippen LogP contribution in [0, 0.1) is 30.5 Å². The first kappa shape index (κ1) is 32.5. The average Bonchev–Trinajstić information content (AvgIpc) is 3.65. The standard InChI is InChI=1S/C36H44F4N4O2/c1-3-34(45)46-33-9-5-8-32(33)35(24-43-19-16-41-25(43)2,29-6-4-7-30(37)20-29)27-14-17-42(18-15-27)21-26-22-44(23-26)31-12-10-28(11-13-31)36(38,39)40/h4,6-7,10-13,16,19-20,26-27,32-33H,3,5,8-9,14-15,17-18,21-24H2,1-2H3/t32-,33-,35-/m0/s1. The fourth-order valence-corrected chi connectivity index (χ4v) is 8.38. The highest BCUT2D eigenvalue weighted by Crippen LogP contribution is 2.52. The second-order valence-electron chi connectivity index (χ2n) is 13.5. The normalized spacial score (nSPS) is 22.9. The summed E-state index contributed by atoms with van der Waals surface area (Å²) in [6.45, 7) is 8.87. The lowest BCUT2D eigenvalue weighted by atomic mass is 9.58. The number of imidazole rings is 1. The minimum atomic E-state index is -4.33. The fourth-order valence-electron chi connectivity index (χ4n) is 8.38. The van der Waals surface area contributed by atoms with Gasteiger partial charge in [0.2, 0.25) is 0 Å². The third kappa shape index (κ3) is 6.68. The van der Waals surface area contributed by atoms with Crippen LogP contribution in [0.2, 0.25) is 0 Å². The number of esters is 1. The number of piperidine rings is 1. The molecule has 3 fully saturated rings. The van der Waals surface area contributed by atoms with Crippen LogP contribution in [0.1, 0.15) is 62.4 Å². The van der Waals surface area contributed by atoms with Crippen molar-refractivity contribution in [3.8, 4) is 0 Å². The Morgan fingerprint density at radius 2 is 1.74 bits per heavy atom. The summed E-state index contributed by atoms with van der Waals surface area (Å²) in [7, 11) is 0. The summed E-state index contributed by atoms with van der Waals surface area (Å²) in [4.78, 5) is 21.7. The van der Waals surface area contributed by atoms with E-state index in [1.54, 1.807) is 24.3 Å². The first-order valence-corrected chi connectivity index (χ1v) is 16.6. The topological polar surface area (TPSA) is 50.6 Å². The van der Waals surface area contributed by atoms with E-state index in [-0.39, 0.29) is 29.7 Å². The van der Waals surface area contributed by atoms with E-state index in [2.05, 4.69) is 25.4 Å². The maximum absolute atomic E-state index is 15.0. The molecule has 2 saturated heterocycles. The zero-order valence-electron chi connectivity index (χ0n) is 26.7. The van der Waals surface area contributed by atoms with E-state index >= 15 is 0 Å². The van der Waals surface area contributed by atoms with Crippen LogP contribution in [-0.4, -0.2) is 59.2 Å². The maximum atomic E-state index is 15.0. The van der Waals surface area contributed by atoms with Gasteiger partial charge in [0.25, 0.3) is 0 Å². The number of carbonyl (C=O) groups is 1. The number of hydrogen-bond acceptors (Lipinski definition) is 5. The number of ether oxygens (including phenoxy) is 1. The first-order chi connectivity index (χ1) is 22.1. The van der Waals surface area contributed by atoms with Crippen molar-refractivity contribution in [2.75, 3.05) is 37.6 Å². The zero-order chi connectivity index (χ0) is 32.5. The molecular formula is C36H44F4N4O2. The third-order valence-corrected chi connectivity index (χ3v) is 10.8. The van der Waals surface area contributed by atoms with Crippen molar-refractivity contribution in [1.82, 2.24) is 14.5 Å². The Morgan fingerprint density at radius 3 is 2.37 bits per heavy atom. The Balaban J connectivity index is 1.19. The van der Waals surface area contributed by atoms with Crippen molar-refractivity contribution < 1.29 is 27.1 Å². The number of hydrogen-bond donors (Lipinski definition) is 0. The SMILES string of the molecule is CCC(=O)O[C@H]1CCC[C@@H]1[C@](Cn1ccnc1C)(c1cccc(F)c1)C1CCN(CC2CN(c3ccc(C(F)(F)F)cc3)C2)CC1. The smallest absolute Gasteiger partial charge is 0.416 e. The van der Waals surface area contributed by atoms with Gasteiger partial charge >= 0.3 is 12.1 Å². The molecule has 3 aromatic rings. The summed E-state index contributed by atoms with van der Waals surface area (Å²) in [6, 6.07) is 12.5. The van der Waals surface area contributed by atoms with E-state index in [4.69, 9.17) is 4.74 Å². The lowest BCUT2D eigenvalue weighted by molar-refractivity contribution is -0.153. The predicted molar refractivity (Wildman–Crippen MR) is 169 cm³/mol. The molecule has 1 saturated carbocycles. The highest BCUT2D eigenvalue weighted by Gasteiger charge is 2.53. The highest BCUT2D eigenvalue weighted by molar-refractivity contribution is 5.69. The fraction of sp³-hybridized carbons (Fsp3) is 0.556. The number of benzene rings is 2. The van der Waals surface area contributed by atoms with Gasteiger partial charge in [0.15, 0.2) is 0 Å². The van der Waals surface area contributed by atoms with Crippen LogP contribution in [0.15, 0.2) is 60.9 Å². The van der Waals surface area contributed by atoms with Crippen molar-refractivity contribution in [2.24, 2.45) is 17.8 Å². The first-order valence-electron chi connectivity index (χ1n) is 16.6. The summed E-state index contributed by atoms with van der Waals surface area (Å²) in [5.41, 5.74) is 0.716.